The summed E-state index contributed by atoms with van der Waals surface area (Å²) < 4.78 is 0.959. The Morgan fingerprint density at radius 1 is 1.35 bits per heavy atom. The van der Waals surface area contributed by atoms with E-state index in [0.29, 0.717) is 6.54 Å². The van der Waals surface area contributed by atoms with Gasteiger partial charge < -0.3 is 5.32 Å². The summed E-state index contributed by atoms with van der Waals surface area (Å²) in [6.45, 7) is 4.14. The Bertz CT molecular complexity index is 557. The van der Waals surface area contributed by atoms with E-state index >= 15 is 0 Å². The molecule has 20 heavy (non-hydrogen) atoms. The van der Waals surface area contributed by atoms with Crippen molar-refractivity contribution in [2.75, 3.05) is 18.4 Å². The van der Waals surface area contributed by atoms with E-state index in [1.54, 1.807) is 11.3 Å². The highest BCUT2D eigenvalue weighted by molar-refractivity contribution is 9.10. The van der Waals surface area contributed by atoms with E-state index in [2.05, 4.69) is 44.5 Å². The molecule has 2 aromatic rings. The number of hydrogen-bond donors (Lipinski definition) is 1. The summed E-state index contributed by atoms with van der Waals surface area (Å²) >= 11 is 5.12. The normalized spacial score (nSPS) is 10.8. The maximum atomic E-state index is 12.1. The van der Waals surface area contributed by atoms with Gasteiger partial charge in [0.05, 0.1) is 6.54 Å². The Morgan fingerprint density at radius 2 is 2.20 bits per heavy atom. The lowest BCUT2D eigenvalue weighted by atomic mass is 10.3. The van der Waals surface area contributed by atoms with E-state index in [0.717, 1.165) is 23.2 Å². The fraction of sp³-hybridized carbons (Fsp3) is 0.267. The molecular weight excluding hydrogens is 336 g/mol. The minimum atomic E-state index is 0.0153. The number of nitrogens with zero attached hydrogens (tertiary/aromatic N) is 1. The summed E-state index contributed by atoms with van der Waals surface area (Å²) in [6.07, 6.45) is 0. The second-order valence-electron chi connectivity index (χ2n) is 4.44. The summed E-state index contributed by atoms with van der Waals surface area (Å²) in [5.41, 5.74) is 0.816. The number of likely N-dealkylation sites (N-methyl/N-ethyl adjacent to an activating group) is 1. The molecular formula is C15H17BrN2OS. The fourth-order valence-corrected chi connectivity index (χ4v) is 3.02. The first-order valence-electron chi connectivity index (χ1n) is 6.47. The second kappa shape index (κ2) is 7.57. The van der Waals surface area contributed by atoms with Gasteiger partial charge in [0.2, 0.25) is 5.91 Å². The van der Waals surface area contributed by atoms with Gasteiger partial charge >= 0.3 is 0 Å². The Balaban J connectivity index is 1.89. The van der Waals surface area contributed by atoms with Gasteiger partial charge in [0.15, 0.2) is 0 Å². The average Bonchev–Trinajstić information content (AvgIpc) is 2.90. The van der Waals surface area contributed by atoms with Crippen molar-refractivity contribution in [3.05, 3.63) is 51.1 Å². The van der Waals surface area contributed by atoms with Crippen LogP contribution in [0.25, 0.3) is 0 Å². The number of hydrogen-bond acceptors (Lipinski definition) is 3. The van der Waals surface area contributed by atoms with Crippen molar-refractivity contribution >= 4 is 38.9 Å². The van der Waals surface area contributed by atoms with Crippen molar-refractivity contribution in [2.24, 2.45) is 0 Å². The molecule has 1 N–H and O–H groups in total. The van der Waals surface area contributed by atoms with Gasteiger partial charge in [0, 0.05) is 21.6 Å². The molecule has 0 aliphatic heterocycles. The van der Waals surface area contributed by atoms with E-state index in [4.69, 9.17) is 0 Å². The lowest BCUT2D eigenvalue weighted by molar-refractivity contribution is -0.117. The molecule has 0 unspecified atom stereocenters. The second-order valence-corrected chi connectivity index (χ2v) is 6.39. The molecule has 0 saturated carbocycles. The quantitative estimate of drug-likeness (QED) is 0.852. The lowest BCUT2D eigenvalue weighted by Crippen LogP contribution is -2.32. The third kappa shape index (κ3) is 4.74. The van der Waals surface area contributed by atoms with Gasteiger partial charge in [-0.15, -0.1) is 11.3 Å². The minimum absolute atomic E-state index is 0.0153. The molecule has 1 aromatic heterocycles. The van der Waals surface area contributed by atoms with Crippen molar-refractivity contribution in [2.45, 2.75) is 13.5 Å². The van der Waals surface area contributed by atoms with Crippen LogP contribution in [0.2, 0.25) is 0 Å². The zero-order chi connectivity index (χ0) is 14.4. The Kier molecular flexibility index (Phi) is 5.76. The van der Waals surface area contributed by atoms with Crippen LogP contribution < -0.4 is 5.32 Å². The van der Waals surface area contributed by atoms with Crippen LogP contribution in [0.15, 0.2) is 46.3 Å². The molecule has 0 aliphatic carbocycles. The monoisotopic (exact) mass is 352 g/mol. The lowest BCUT2D eigenvalue weighted by Gasteiger charge is -2.19. The van der Waals surface area contributed by atoms with Crippen LogP contribution in [0.5, 0.6) is 0 Å². The van der Waals surface area contributed by atoms with Crippen molar-refractivity contribution in [3.8, 4) is 0 Å². The van der Waals surface area contributed by atoms with Crippen molar-refractivity contribution in [3.63, 3.8) is 0 Å². The Hall–Kier alpha value is -1.17. The predicted octanol–water partition coefficient (Wildman–Crippen LogP) is 3.97. The van der Waals surface area contributed by atoms with E-state index in [1.165, 1.54) is 4.88 Å². The molecule has 0 fully saturated rings. The maximum absolute atomic E-state index is 12.1. The highest BCUT2D eigenvalue weighted by Gasteiger charge is 2.10. The number of benzene rings is 1. The third-order valence-corrected chi connectivity index (χ3v) is 4.24. The van der Waals surface area contributed by atoms with E-state index in [1.807, 2.05) is 30.3 Å². The van der Waals surface area contributed by atoms with Crippen LogP contribution >= 0.6 is 27.3 Å². The SMILES string of the molecule is CCN(CC(=O)Nc1cccc(Br)c1)Cc1cccs1. The van der Waals surface area contributed by atoms with Gasteiger partial charge in [-0.25, -0.2) is 0 Å². The fourth-order valence-electron chi connectivity index (χ4n) is 1.87. The number of rotatable bonds is 6. The first kappa shape index (κ1) is 15.2. The van der Waals surface area contributed by atoms with Crippen molar-refractivity contribution in [1.82, 2.24) is 4.90 Å². The van der Waals surface area contributed by atoms with Gasteiger partial charge in [-0.1, -0.05) is 35.0 Å². The molecule has 0 spiro atoms. The van der Waals surface area contributed by atoms with Gasteiger partial charge in [-0.2, -0.15) is 0 Å². The molecule has 0 bridgehead atoms. The number of carbonyl (C=O) groups is 1. The Morgan fingerprint density at radius 3 is 2.85 bits per heavy atom. The molecule has 106 valence electrons. The number of thiophene rings is 1. The van der Waals surface area contributed by atoms with Crippen LogP contribution in [0, 0.1) is 0 Å². The first-order valence-corrected chi connectivity index (χ1v) is 8.15. The standard InChI is InChI=1S/C15H17BrN2OS/c1-2-18(10-14-7-4-8-20-14)11-15(19)17-13-6-3-5-12(16)9-13/h3-9H,2,10-11H2,1H3,(H,17,19). The van der Waals surface area contributed by atoms with Crippen LogP contribution in [-0.2, 0) is 11.3 Å². The van der Waals surface area contributed by atoms with Crippen molar-refractivity contribution < 1.29 is 4.79 Å². The molecule has 1 amide bonds. The number of anilines is 1. The smallest absolute Gasteiger partial charge is 0.238 e. The molecule has 3 nitrogen and oxygen atoms in total. The summed E-state index contributed by atoms with van der Waals surface area (Å²) in [5.74, 6) is 0.0153. The number of halogens is 1. The predicted molar refractivity (Wildman–Crippen MR) is 88.0 cm³/mol. The van der Waals surface area contributed by atoms with Crippen LogP contribution in [0.4, 0.5) is 5.69 Å². The molecule has 1 heterocycles. The molecule has 2 rings (SSSR count). The number of nitrogens with one attached hydrogen (secondary N) is 1. The number of amides is 1. The van der Waals surface area contributed by atoms with Gasteiger partial charge in [0.1, 0.15) is 0 Å². The van der Waals surface area contributed by atoms with Crippen LogP contribution in [0.3, 0.4) is 0 Å². The average molecular weight is 353 g/mol. The van der Waals surface area contributed by atoms with Crippen molar-refractivity contribution in [1.29, 1.82) is 0 Å². The molecule has 0 aliphatic rings. The van der Waals surface area contributed by atoms with Crippen LogP contribution in [0.1, 0.15) is 11.8 Å². The van der Waals surface area contributed by atoms with E-state index in [-0.39, 0.29) is 5.91 Å². The number of carbonyl (C=O) groups excluding carboxylic acids is 1. The summed E-state index contributed by atoms with van der Waals surface area (Å²) in [7, 11) is 0. The molecule has 0 saturated heterocycles. The third-order valence-electron chi connectivity index (χ3n) is 2.88. The topological polar surface area (TPSA) is 32.3 Å². The zero-order valence-electron chi connectivity index (χ0n) is 11.3. The van der Waals surface area contributed by atoms with Crippen LogP contribution in [-0.4, -0.2) is 23.9 Å². The summed E-state index contributed by atoms with van der Waals surface area (Å²) in [6, 6.07) is 11.8. The Labute approximate surface area is 131 Å². The van der Waals surface area contributed by atoms with E-state index in [9.17, 15) is 4.79 Å². The minimum Gasteiger partial charge on any atom is -0.325 e. The summed E-state index contributed by atoms with van der Waals surface area (Å²) in [4.78, 5) is 15.5. The highest BCUT2D eigenvalue weighted by atomic mass is 79.9. The van der Waals surface area contributed by atoms with Gasteiger partial charge in [0.25, 0.3) is 0 Å². The van der Waals surface area contributed by atoms with E-state index < -0.39 is 0 Å². The molecule has 0 atom stereocenters. The molecule has 5 heteroatoms. The summed E-state index contributed by atoms with van der Waals surface area (Å²) in [5, 5.41) is 4.98. The first-order chi connectivity index (χ1) is 9.67. The largest absolute Gasteiger partial charge is 0.325 e. The van der Waals surface area contributed by atoms with Gasteiger partial charge in [-0.3, -0.25) is 9.69 Å². The molecule has 1 aromatic carbocycles. The molecule has 0 radical (unpaired) electrons. The highest BCUT2D eigenvalue weighted by Crippen LogP contribution is 2.16. The zero-order valence-corrected chi connectivity index (χ0v) is 13.7. The van der Waals surface area contributed by atoms with Gasteiger partial charge in [-0.05, 0) is 36.2 Å². The maximum Gasteiger partial charge on any atom is 0.238 e.